The first-order valence-electron chi connectivity index (χ1n) is 11.5. The van der Waals surface area contributed by atoms with Gasteiger partial charge in [0, 0.05) is 5.56 Å². The maximum Gasteiger partial charge on any atom is 0.259 e. The number of amides is 2. The molecular weight excluding hydrogens is 470 g/mol. The van der Waals surface area contributed by atoms with Crippen LogP contribution in [-0.2, 0) is 0 Å². The average molecular weight is 499 g/mol. The van der Waals surface area contributed by atoms with E-state index >= 15 is 0 Å². The number of carbonyl (C=O) groups is 2. The van der Waals surface area contributed by atoms with Crippen molar-refractivity contribution in [1.29, 1.82) is 0 Å². The fourth-order valence-corrected chi connectivity index (χ4v) is 3.33. The van der Waals surface area contributed by atoms with Crippen molar-refractivity contribution in [2.24, 2.45) is 0 Å². The number of anilines is 2. The lowest BCUT2D eigenvalue weighted by molar-refractivity contribution is 0.102. The molecule has 0 aliphatic rings. The Hall–Kier alpha value is -4.14. The van der Waals surface area contributed by atoms with Gasteiger partial charge < -0.3 is 24.8 Å². The third-order valence-electron chi connectivity index (χ3n) is 5.04. The molecule has 0 unspecified atom stereocenters. The Kier molecular flexibility index (Phi) is 9.21. The lowest BCUT2D eigenvalue weighted by atomic mass is 10.1. The van der Waals surface area contributed by atoms with Crippen LogP contribution in [0.5, 0.6) is 17.2 Å². The van der Waals surface area contributed by atoms with Gasteiger partial charge in [-0.3, -0.25) is 9.59 Å². The highest BCUT2D eigenvalue weighted by Crippen LogP contribution is 2.31. The van der Waals surface area contributed by atoms with Gasteiger partial charge in [0.05, 0.1) is 37.3 Å². The van der Waals surface area contributed by atoms with E-state index in [2.05, 4.69) is 10.6 Å². The van der Waals surface area contributed by atoms with E-state index in [4.69, 9.17) is 14.2 Å². The quantitative estimate of drug-likeness (QED) is 0.336. The van der Waals surface area contributed by atoms with Crippen LogP contribution in [-0.4, -0.2) is 32.1 Å². The van der Waals surface area contributed by atoms with Crippen molar-refractivity contribution in [1.82, 2.24) is 0 Å². The monoisotopic (exact) mass is 498 g/mol. The second-order valence-electron chi connectivity index (χ2n) is 7.75. The smallest absolute Gasteiger partial charge is 0.259 e. The number of methoxy groups -OCH3 is 1. The average Bonchev–Trinajstić information content (AvgIpc) is 2.87. The van der Waals surface area contributed by atoms with E-state index in [0.29, 0.717) is 12.8 Å². The molecule has 3 aromatic carbocycles. The predicted octanol–water partition coefficient (Wildman–Crippen LogP) is 6.06. The molecule has 0 aliphatic carbocycles. The zero-order valence-electron chi connectivity index (χ0n) is 20.3. The minimum Gasteiger partial charge on any atom is -0.496 e. The van der Waals surface area contributed by atoms with E-state index in [1.165, 1.54) is 61.7 Å². The van der Waals surface area contributed by atoms with Crippen molar-refractivity contribution in [3.05, 3.63) is 77.4 Å². The van der Waals surface area contributed by atoms with Crippen LogP contribution in [0.2, 0.25) is 0 Å². The lowest BCUT2D eigenvalue weighted by Crippen LogP contribution is -2.18. The summed E-state index contributed by atoms with van der Waals surface area (Å²) in [5.41, 5.74) is 0.460. The summed E-state index contributed by atoms with van der Waals surface area (Å²) in [7, 11) is 1.38. The summed E-state index contributed by atoms with van der Waals surface area (Å²) in [6, 6.07) is 12.7. The van der Waals surface area contributed by atoms with Crippen molar-refractivity contribution in [2.75, 3.05) is 31.0 Å². The number of carbonyl (C=O) groups excluding carboxylic acids is 2. The molecule has 3 rings (SSSR count). The van der Waals surface area contributed by atoms with E-state index in [9.17, 15) is 18.4 Å². The number of halogens is 2. The van der Waals surface area contributed by atoms with Gasteiger partial charge in [-0.2, -0.15) is 0 Å². The first-order valence-corrected chi connectivity index (χ1v) is 11.5. The molecule has 0 radical (unpaired) electrons. The fourth-order valence-electron chi connectivity index (χ4n) is 3.33. The molecule has 0 aromatic heterocycles. The number of ether oxygens (including phenoxy) is 3. The van der Waals surface area contributed by atoms with Crippen LogP contribution in [0.3, 0.4) is 0 Å². The van der Waals surface area contributed by atoms with E-state index in [-0.39, 0.29) is 53.0 Å². The maximum absolute atomic E-state index is 14.3. The van der Waals surface area contributed by atoms with Crippen molar-refractivity contribution in [3.63, 3.8) is 0 Å². The Bertz CT molecular complexity index is 1230. The van der Waals surface area contributed by atoms with Crippen LogP contribution < -0.4 is 24.8 Å². The summed E-state index contributed by atoms with van der Waals surface area (Å²) in [6.07, 6.45) is 1.32. The zero-order chi connectivity index (χ0) is 26.1. The predicted molar refractivity (Wildman–Crippen MR) is 133 cm³/mol. The summed E-state index contributed by atoms with van der Waals surface area (Å²) in [6.45, 7) is 4.31. The molecule has 0 saturated heterocycles. The first-order chi connectivity index (χ1) is 17.4. The Morgan fingerprint density at radius 3 is 1.81 bits per heavy atom. The summed E-state index contributed by atoms with van der Waals surface area (Å²) in [4.78, 5) is 26.1. The second-order valence-corrected chi connectivity index (χ2v) is 7.75. The number of rotatable bonds is 11. The third-order valence-corrected chi connectivity index (χ3v) is 5.04. The van der Waals surface area contributed by atoms with Gasteiger partial charge >= 0.3 is 0 Å². The highest BCUT2D eigenvalue weighted by molar-refractivity contribution is 6.10. The Morgan fingerprint density at radius 2 is 1.31 bits per heavy atom. The molecular formula is C27H28F2N2O5. The standard InChI is InChI=1S/C27H28F2N2O5/c1-4-14-35-24-19(28)8-6-10-21(24)30-26(32)17-12-13-23(34-3)18(16-17)27(33)31-22-11-7-9-20(29)25(22)36-15-5-2/h6-13,16H,4-5,14-15H2,1-3H3,(H,30,32)(H,31,33). The molecule has 0 aliphatic heterocycles. The number of hydrogen-bond acceptors (Lipinski definition) is 5. The molecule has 0 fully saturated rings. The first kappa shape index (κ1) is 26.5. The molecule has 2 amide bonds. The van der Waals surface area contributed by atoms with Gasteiger partial charge in [0.1, 0.15) is 5.75 Å². The topological polar surface area (TPSA) is 85.9 Å². The number of nitrogens with one attached hydrogen (secondary N) is 2. The number of benzene rings is 3. The Balaban J connectivity index is 1.87. The molecule has 7 nitrogen and oxygen atoms in total. The summed E-state index contributed by atoms with van der Waals surface area (Å²) < 4.78 is 44.8. The maximum atomic E-state index is 14.3. The van der Waals surface area contributed by atoms with Crippen molar-refractivity contribution in [2.45, 2.75) is 26.7 Å². The molecule has 2 N–H and O–H groups in total. The minimum atomic E-state index is -0.633. The fraction of sp³-hybridized carbons (Fsp3) is 0.259. The lowest BCUT2D eigenvalue weighted by Gasteiger charge is -2.15. The molecule has 36 heavy (non-hydrogen) atoms. The van der Waals surface area contributed by atoms with Crippen molar-refractivity contribution in [3.8, 4) is 17.2 Å². The van der Waals surface area contributed by atoms with Gasteiger partial charge in [-0.1, -0.05) is 26.0 Å². The highest BCUT2D eigenvalue weighted by atomic mass is 19.1. The van der Waals surface area contributed by atoms with Crippen molar-refractivity contribution < 1.29 is 32.6 Å². The summed E-state index contributed by atoms with van der Waals surface area (Å²) in [5, 5.41) is 5.25. The van der Waals surface area contributed by atoms with Crippen LogP contribution in [0.1, 0.15) is 47.4 Å². The van der Waals surface area contributed by atoms with Crippen LogP contribution in [0.4, 0.5) is 20.2 Å². The van der Waals surface area contributed by atoms with Crippen LogP contribution in [0.25, 0.3) is 0 Å². The molecule has 0 bridgehead atoms. The summed E-state index contributed by atoms with van der Waals surface area (Å²) >= 11 is 0. The Labute approximate surface area is 208 Å². The molecule has 0 saturated carbocycles. The molecule has 0 spiro atoms. The number of para-hydroxylation sites is 2. The largest absolute Gasteiger partial charge is 0.496 e. The van der Waals surface area contributed by atoms with Crippen LogP contribution >= 0.6 is 0 Å². The molecule has 190 valence electrons. The van der Waals surface area contributed by atoms with E-state index in [0.717, 1.165) is 0 Å². The van der Waals surface area contributed by atoms with Gasteiger partial charge in [-0.15, -0.1) is 0 Å². The van der Waals surface area contributed by atoms with Crippen LogP contribution in [0, 0.1) is 11.6 Å². The van der Waals surface area contributed by atoms with E-state index in [1.807, 2.05) is 13.8 Å². The molecule has 9 heteroatoms. The third kappa shape index (κ3) is 6.29. The van der Waals surface area contributed by atoms with Gasteiger partial charge in [0.25, 0.3) is 11.8 Å². The van der Waals surface area contributed by atoms with Gasteiger partial charge in [-0.05, 0) is 55.3 Å². The highest BCUT2D eigenvalue weighted by Gasteiger charge is 2.20. The molecule has 0 atom stereocenters. The minimum absolute atomic E-state index is 0.0394. The number of hydrogen-bond donors (Lipinski definition) is 2. The van der Waals surface area contributed by atoms with E-state index in [1.54, 1.807) is 0 Å². The van der Waals surface area contributed by atoms with Crippen molar-refractivity contribution >= 4 is 23.2 Å². The SMILES string of the molecule is CCCOc1c(F)cccc1NC(=O)c1ccc(OC)c(C(=O)Nc2cccc(F)c2OCCC)c1. The van der Waals surface area contributed by atoms with E-state index < -0.39 is 23.4 Å². The Morgan fingerprint density at radius 1 is 0.778 bits per heavy atom. The van der Waals surface area contributed by atoms with Crippen LogP contribution in [0.15, 0.2) is 54.6 Å². The normalized spacial score (nSPS) is 10.5. The summed E-state index contributed by atoms with van der Waals surface area (Å²) in [5.74, 6) is -2.38. The molecule has 0 heterocycles. The van der Waals surface area contributed by atoms with Gasteiger partial charge in [0.2, 0.25) is 0 Å². The van der Waals surface area contributed by atoms with Gasteiger partial charge in [-0.25, -0.2) is 8.78 Å². The zero-order valence-corrected chi connectivity index (χ0v) is 20.3. The molecule has 3 aromatic rings. The second kappa shape index (κ2) is 12.5. The van der Waals surface area contributed by atoms with Gasteiger partial charge in [0.15, 0.2) is 23.1 Å².